The summed E-state index contributed by atoms with van der Waals surface area (Å²) in [6.45, 7) is 12.4. The van der Waals surface area contributed by atoms with Gasteiger partial charge in [-0.3, -0.25) is 0 Å². The van der Waals surface area contributed by atoms with Crippen molar-refractivity contribution in [2.24, 2.45) is 5.92 Å². The number of hydrogen-bond donors (Lipinski definition) is 3. The van der Waals surface area contributed by atoms with Gasteiger partial charge in [0, 0.05) is 30.4 Å². The lowest BCUT2D eigenvalue weighted by Gasteiger charge is -2.27. The number of hydrogen-bond acceptors (Lipinski definition) is 7. The molecule has 0 amide bonds. The molecule has 1 aromatic heterocycles. The lowest BCUT2D eigenvalue weighted by atomic mass is 10.1. The molecule has 2 aromatic carbocycles. The molecule has 5 rings (SSSR count). The van der Waals surface area contributed by atoms with Gasteiger partial charge in [-0.15, -0.1) is 0 Å². The van der Waals surface area contributed by atoms with Crippen LogP contribution in [-0.2, 0) is 11.2 Å². The van der Waals surface area contributed by atoms with Gasteiger partial charge in [-0.2, -0.15) is 5.26 Å². The van der Waals surface area contributed by atoms with Gasteiger partial charge in [0.05, 0.1) is 37.1 Å². The van der Waals surface area contributed by atoms with Gasteiger partial charge in [0.25, 0.3) is 0 Å². The molecule has 0 aliphatic carbocycles. The van der Waals surface area contributed by atoms with E-state index in [4.69, 9.17) is 20.1 Å². The van der Waals surface area contributed by atoms with Crippen LogP contribution in [0.1, 0.15) is 50.8 Å². The fourth-order valence-electron chi connectivity index (χ4n) is 3.85. The van der Waals surface area contributed by atoms with Gasteiger partial charge in [0.1, 0.15) is 6.10 Å². The van der Waals surface area contributed by atoms with Crippen molar-refractivity contribution in [1.82, 2.24) is 10.3 Å². The van der Waals surface area contributed by atoms with E-state index in [1.54, 1.807) is 6.20 Å². The summed E-state index contributed by atoms with van der Waals surface area (Å²) in [5.41, 5.74) is 4.49. The highest BCUT2D eigenvalue weighted by atomic mass is 16.5. The molecule has 0 saturated carbocycles. The van der Waals surface area contributed by atoms with E-state index in [1.807, 2.05) is 93.6 Å². The van der Waals surface area contributed by atoms with E-state index in [0.717, 1.165) is 55.5 Å². The summed E-state index contributed by atoms with van der Waals surface area (Å²) in [6, 6.07) is 23.8. The maximum atomic E-state index is 8.82. The number of pyridine rings is 1. The lowest BCUT2D eigenvalue weighted by molar-refractivity contribution is -0.0331. The van der Waals surface area contributed by atoms with Crippen molar-refractivity contribution in [2.75, 3.05) is 38.2 Å². The zero-order valence-corrected chi connectivity index (χ0v) is 24.9. The molecule has 3 heterocycles. The molecule has 1 saturated heterocycles. The molecule has 1 unspecified atom stereocenters. The van der Waals surface area contributed by atoms with E-state index in [2.05, 4.69) is 28.6 Å². The summed E-state index contributed by atoms with van der Waals surface area (Å²) >= 11 is 0. The topological polar surface area (TPSA) is 103 Å². The molecule has 218 valence electrons. The Hall–Kier alpha value is -3.99. The van der Waals surface area contributed by atoms with E-state index in [-0.39, 0.29) is 6.10 Å². The van der Waals surface area contributed by atoms with Crippen LogP contribution in [0.2, 0.25) is 0 Å². The summed E-state index contributed by atoms with van der Waals surface area (Å²) in [6.07, 6.45) is 7.16. The minimum Gasteiger partial charge on any atom is -0.470 e. The maximum absolute atomic E-state index is 8.82. The number of allylic oxidation sites excluding steroid dienone is 2. The number of anilines is 1. The molecule has 2 aliphatic rings. The van der Waals surface area contributed by atoms with Crippen molar-refractivity contribution >= 4 is 17.5 Å². The zero-order valence-electron chi connectivity index (χ0n) is 24.9. The molecule has 3 aromatic rings. The molecule has 3 N–H and O–H groups in total. The quantitative estimate of drug-likeness (QED) is 0.209. The molecular weight excluding hydrogens is 510 g/mol. The number of rotatable bonds is 8. The van der Waals surface area contributed by atoms with Crippen molar-refractivity contribution < 1.29 is 9.47 Å². The Labute approximate surface area is 246 Å². The standard InChI is InChI=1S/C21H23N5O.C6H6.C5H10O.C2H6/c1-2-17(11-23)18-9-20-21(26-12-18)27-19(14-25-20)13-24-8-7-15-3-5-16(10-22)6-4-15;1-2-4-6-5-3-1;1-2-5-3-6-4-5;1-2/h2-6,9,11-12,19,23-25H,7-8,13-14H2,1H3;1-6H;5H,2-4H2,1H3;1-2H3/b17-2+,23-11?;;;. The van der Waals surface area contributed by atoms with Gasteiger partial charge in [-0.1, -0.05) is 75.4 Å². The first-order valence-corrected chi connectivity index (χ1v) is 14.5. The summed E-state index contributed by atoms with van der Waals surface area (Å²) in [7, 11) is 0. The van der Waals surface area contributed by atoms with Crippen molar-refractivity contribution in [3.05, 3.63) is 95.7 Å². The third-order valence-corrected chi connectivity index (χ3v) is 6.45. The van der Waals surface area contributed by atoms with Crippen LogP contribution in [0.25, 0.3) is 5.57 Å². The van der Waals surface area contributed by atoms with Crippen LogP contribution in [0.5, 0.6) is 5.88 Å². The minimum atomic E-state index is 0.0146. The predicted molar refractivity (Wildman–Crippen MR) is 170 cm³/mol. The minimum absolute atomic E-state index is 0.0146. The highest BCUT2D eigenvalue weighted by molar-refractivity contribution is 6.08. The zero-order chi connectivity index (χ0) is 29.7. The molecular formula is C34H45N5O2. The number of nitrogens with one attached hydrogen (secondary N) is 3. The van der Waals surface area contributed by atoms with Crippen molar-refractivity contribution in [1.29, 1.82) is 10.7 Å². The fourth-order valence-corrected chi connectivity index (χ4v) is 3.85. The van der Waals surface area contributed by atoms with Gasteiger partial charge in [0.2, 0.25) is 5.88 Å². The molecule has 2 aliphatic heterocycles. The van der Waals surface area contributed by atoms with Gasteiger partial charge in [0.15, 0.2) is 0 Å². The number of nitrogens with zero attached hydrogens (tertiary/aromatic N) is 2. The van der Waals surface area contributed by atoms with E-state index < -0.39 is 0 Å². The monoisotopic (exact) mass is 555 g/mol. The second-order valence-corrected chi connectivity index (χ2v) is 9.32. The van der Waals surface area contributed by atoms with E-state index in [0.29, 0.717) is 18.0 Å². The third kappa shape index (κ3) is 12.0. The van der Waals surface area contributed by atoms with E-state index >= 15 is 0 Å². The van der Waals surface area contributed by atoms with Crippen molar-refractivity contribution in [3.63, 3.8) is 0 Å². The summed E-state index contributed by atoms with van der Waals surface area (Å²) in [4.78, 5) is 4.40. The highest BCUT2D eigenvalue weighted by Crippen LogP contribution is 2.29. The second-order valence-electron chi connectivity index (χ2n) is 9.32. The van der Waals surface area contributed by atoms with Crippen LogP contribution in [0.3, 0.4) is 0 Å². The maximum Gasteiger partial charge on any atom is 0.237 e. The number of benzene rings is 2. The SMILES string of the molecule is C/C=C(\C=N)c1cnc2c(c1)NCC(CNCCc1ccc(C#N)cc1)O2.CC.CCC1COC1.c1ccccc1. The van der Waals surface area contributed by atoms with Gasteiger partial charge >= 0.3 is 0 Å². The normalized spacial score (nSPS) is 15.2. The predicted octanol–water partition coefficient (Wildman–Crippen LogP) is 6.77. The summed E-state index contributed by atoms with van der Waals surface area (Å²) < 4.78 is 10.9. The van der Waals surface area contributed by atoms with Crippen molar-refractivity contribution in [3.8, 4) is 11.9 Å². The molecule has 0 bridgehead atoms. The summed E-state index contributed by atoms with van der Waals surface area (Å²) in [5.74, 6) is 1.49. The first kappa shape index (κ1) is 33.2. The van der Waals surface area contributed by atoms with Gasteiger partial charge in [-0.25, -0.2) is 4.98 Å². The van der Waals surface area contributed by atoms with Gasteiger partial charge < -0.3 is 25.5 Å². The first-order valence-electron chi connectivity index (χ1n) is 14.5. The molecule has 0 radical (unpaired) electrons. The van der Waals surface area contributed by atoms with Crippen LogP contribution < -0.4 is 15.4 Å². The average Bonchev–Trinajstić information content (AvgIpc) is 3.02. The molecule has 7 nitrogen and oxygen atoms in total. The van der Waals surface area contributed by atoms with Crippen LogP contribution in [0, 0.1) is 22.7 Å². The average molecular weight is 556 g/mol. The largest absolute Gasteiger partial charge is 0.470 e. The molecule has 1 fully saturated rings. The van der Waals surface area contributed by atoms with Crippen LogP contribution in [0.4, 0.5) is 5.69 Å². The Morgan fingerprint density at radius 3 is 2.27 bits per heavy atom. The van der Waals surface area contributed by atoms with Gasteiger partial charge in [-0.05, 0) is 55.6 Å². The Kier molecular flexibility index (Phi) is 16.2. The molecule has 0 spiro atoms. The molecule has 1 atom stereocenters. The first-order chi connectivity index (χ1) is 20.2. The Balaban J connectivity index is 0.000000342. The Morgan fingerprint density at radius 1 is 1.12 bits per heavy atom. The fraction of sp³-hybridized carbons (Fsp3) is 0.382. The van der Waals surface area contributed by atoms with Crippen LogP contribution >= 0.6 is 0 Å². The van der Waals surface area contributed by atoms with E-state index in [1.165, 1.54) is 18.2 Å². The van der Waals surface area contributed by atoms with Crippen LogP contribution in [-0.4, -0.2) is 50.2 Å². The second kappa shape index (κ2) is 20.0. The smallest absolute Gasteiger partial charge is 0.237 e. The third-order valence-electron chi connectivity index (χ3n) is 6.45. The number of nitriles is 1. The highest BCUT2D eigenvalue weighted by Gasteiger charge is 2.20. The van der Waals surface area contributed by atoms with Crippen LogP contribution in [0.15, 0.2) is 79.0 Å². The Morgan fingerprint density at radius 2 is 1.78 bits per heavy atom. The van der Waals surface area contributed by atoms with Crippen molar-refractivity contribution in [2.45, 2.75) is 46.6 Å². The number of ether oxygens (including phenoxy) is 2. The molecule has 41 heavy (non-hydrogen) atoms. The molecule has 7 heteroatoms. The number of fused-ring (bicyclic) bond motifs is 1. The lowest BCUT2D eigenvalue weighted by Crippen LogP contribution is -2.40. The summed E-state index contributed by atoms with van der Waals surface area (Å²) in [5, 5.41) is 23.1. The Bertz CT molecular complexity index is 1170. The number of aromatic nitrogens is 1. The van der Waals surface area contributed by atoms with E-state index in [9.17, 15) is 0 Å².